The van der Waals surface area contributed by atoms with Gasteiger partial charge in [0, 0.05) is 10.5 Å². The number of carboxylic acid groups (broad SMARTS) is 1. The van der Waals surface area contributed by atoms with Gasteiger partial charge in [-0.3, -0.25) is 0 Å². The van der Waals surface area contributed by atoms with Crippen molar-refractivity contribution in [1.82, 2.24) is 9.55 Å². The third kappa shape index (κ3) is 2.58. The minimum Gasteiger partial charge on any atom is -0.479 e. The Morgan fingerprint density at radius 1 is 1.48 bits per heavy atom. The number of aliphatic carboxylic acids is 1. The van der Waals surface area contributed by atoms with Crippen LogP contribution in [0.2, 0.25) is 0 Å². The first-order valence-corrected chi connectivity index (χ1v) is 7.82. The fraction of sp³-hybridized carbons (Fsp3) is 0.467. The van der Waals surface area contributed by atoms with Crippen molar-refractivity contribution in [2.75, 3.05) is 0 Å². The molecule has 112 valence electrons. The van der Waals surface area contributed by atoms with E-state index in [9.17, 15) is 4.79 Å². The average Bonchev–Trinajstić information content (AvgIpc) is 3.01. The summed E-state index contributed by atoms with van der Waals surface area (Å²) < 4.78 is 8.78. The first-order chi connectivity index (χ1) is 9.97. The zero-order valence-corrected chi connectivity index (χ0v) is 13.5. The fourth-order valence-electron chi connectivity index (χ4n) is 2.87. The average molecular weight is 353 g/mol. The minimum atomic E-state index is -0.896. The van der Waals surface area contributed by atoms with Crippen LogP contribution in [0.25, 0.3) is 11.0 Å². The number of hydrogen-bond donors (Lipinski definition) is 1. The first kappa shape index (κ1) is 14.5. The number of benzene rings is 1. The molecule has 1 aromatic heterocycles. The lowest BCUT2D eigenvalue weighted by Gasteiger charge is -2.17. The van der Waals surface area contributed by atoms with Crippen LogP contribution >= 0.6 is 15.9 Å². The van der Waals surface area contributed by atoms with Crippen LogP contribution in [0.3, 0.4) is 0 Å². The number of rotatable bonds is 3. The highest BCUT2D eigenvalue weighted by atomic mass is 79.9. The molecule has 0 saturated carbocycles. The second-order valence-corrected chi connectivity index (χ2v) is 6.51. The van der Waals surface area contributed by atoms with E-state index in [0.29, 0.717) is 12.8 Å². The minimum absolute atomic E-state index is 0.235. The van der Waals surface area contributed by atoms with Gasteiger partial charge in [0.05, 0.1) is 11.0 Å². The van der Waals surface area contributed by atoms with Crippen molar-refractivity contribution < 1.29 is 14.6 Å². The van der Waals surface area contributed by atoms with Gasteiger partial charge in [0.25, 0.3) is 0 Å². The molecule has 0 spiro atoms. The van der Waals surface area contributed by atoms with Gasteiger partial charge in [-0.1, -0.05) is 15.9 Å². The van der Waals surface area contributed by atoms with Crippen LogP contribution in [0.15, 0.2) is 22.7 Å². The zero-order chi connectivity index (χ0) is 15.1. The molecule has 1 aliphatic rings. The SMILES string of the molecule is CC(C)n1c(C2CCC(C(=O)O)O2)nc2cc(Br)ccc21. The predicted molar refractivity (Wildman–Crippen MR) is 82.3 cm³/mol. The Bertz CT molecular complexity index is 696. The summed E-state index contributed by atoms with van der Waals surface area (Å²) in [6, 6.07) is 6.22. The van der Waals surface area contributed by atoms with Crippen molar-refractivity contribution in [2.45, 2.75) is 44.9 Å². The summed E-state index contributed by atoms with van der Waals surface area (Å²) in [5.41, 5.74) is 1.95. The number of halogens is 1. The molecule has 0 aliphatic carbocycles. The van der Waals surface area contributed by atoms with Crippen molar-refractivity contribution in [3.63, 3.8) is 0 Å². The lowest BCUT2D eigenvalue weighted by atomic mass is 10.2. The molecule has 1 aliphatic heterocycles. The number of aromatic nitrogens is 2. The van der Waals surface area contributed by atoms with E-state index in [1.54, 1.807) is 0 Å². The summed E-state index contributed by atoms with van der Waals surface area (Å²) in [5.74, 6) is -0.0747. The Kier molecular flexibility index (Phi) is 3.75. The highest BCUT2D eigenvalue weighted by Gasteiger charge is 2.34. The Labute approximate surface area is 131 Å². The molecule has 1 N–H and O–H groups in total. The molecule has 0 amide bonds. The van der Waals surface area contributed by atoms with Crippen LogP contribution in [0.1, 0.15) is 44.7 Å². The molecule has 2 aromatic rings. The van der Waals surface area contributed by atoms with Crippen LogP contribution in [0.4, 0.5) is 0 Å². The van der Waals surface area contributed by atoms with Crippen LogP contribution in [-0.4, -0.2) is 26.7 Å². The normalized spacial score (nSPS) is 22.3. The van der Waals surface area contributed by atoms with E-state index in [1.807, 2.05) is 18.2 Å². The molecule has 1 fully saturated rings. The molecule has 3 rings (SSSR count). The summed E-state index contributed by atoms with van der Waals surface area (Å²) in [6.45, 7) is 4.19. The molecule has 21 heavy (non-hydrogen) atoms. The Balaban J connectivity index is 2.06. The quantitative estimate of drug-likeness (QED) is 0.914. The number of imidazole rings is 1. The second-order valence-electron chi connectivity index (χ2n) is 5.60. The Morgan fingerprint density at radius 2 is 2.24 bits per heavy atom. The maximum Gasteiger partial charge on any atom is 0.332 e. The summed E-state index contributed by atoms with van der Waals surface area (Å²) in [4.78, 5) is 15.7. The topological polar surface area (TPSA) is 64.4 Å². The van der Waals surface area contributed by atoms with Gasteiger partial charge in [-0.2, -0.15) is 0 Å². The smallest absolute Gasteiger partial charge is 0.332 e. The van der Waals surface area contributed by atoms with Gasteiger partial charge in [-0.05, 0) is 44.9 Å². The van der Waals surface area contributed by atoms with E-state index in [-0.39, 0.29) is 12.1 Å². The molecule has 1 saturated heterocycles. The van der Waals surface area contributed by atoms with Crippen LogP contribution in [-0.2, 0) is 9.53 Å². The third-order valence-electron chi connectivity index (χ3n) is 3.78. The van der Waals surface area contributed by atoms with Gasteiger partial charge < -0.3 is 14.4 Å². The monoisotopic (exact) mass is 352 g/mol. The Hall–Kier alpha value is -1.40. The molecule has 5 nitrogen and oxygen atoms in total. The van der Waals surface area contributed by atoms with Crippen LogP contribution in [0.5, 0.6) is 0 Å². The van der Waals surface area contributed by atoms with Crippen LogP contribution < -0.4 is 0 Å². The number of hydrogen-bond acceptors (Lipinski definition) is 3. The molecule has 0 radical (unpaired) electrons. The first-order valence-electron chi connectivity index (χ1n) is 7.03. The summed E-state index contributed by atoms with van der Waals surface area (Å²) in [5, 5.41) is 9.07. The molecular weight excluding hydrogens is 336 g/mol. The van der Waals surface area contributed by atoms with Gasteiger partial charge in [0.1, 0.15) is 11.9 Å². The van der Waals surface area contributed by atoms with E-state index in [4.69, 9.17) is 9.84 Å². The zero-order valence-electron chi connectivity index (χ0n) is 11.9. The van der Waals surface area contributed by atoms with Crippen molar-refractivity contribution in [3.8, 4) is 0 Å². The molecule has 0 bridgehead atoms. The maximum atomic E-state index is 11.1. The molecular formula is C15H17BrN2O3. The van der Waals surface area contributed by atoms with E-state index < -0.39 is 12.1 Å². The van der Waals surface area contributed by atoms with E-state index in [1.165, 1.54) is 0 Å². The van der Waals surface area contributed by atoms with E-state index in [2.05, 4.69) is 39.3 Å². The van der Waals surface area contributed by atoms with Gasteiger partial charge in [-0.25, -0.2) is 9.78 Å². The largest absolute Gasteiger partial charge is 0.479 e. The summed E-state index contributed by atoms with van der Waals surface area (Å²) >= 11 is 3.46. The third-order valence-corrected chi connectivity index (χ3v) is 4.27. The van der Waals surface area contributed by atoms with E-state index in [0.717, 1.165) is 21.3 Å². The van der Waals surface area contributed by atoms with Gasteiger partial charge >= 0.3 is 5.97 Å². The highest BCUT2D eigenvalue weighted by molar-refractivity contribution is 9.10. The predicted octanol–water partition coefficient (Wildman–Crippen LogP) is 3.68. The van der Waals surface area contributed by atoms with Crippen LogP contribution in [0, 0.1) is 0 Å². The lowest BCUT2D eigenvalue weighted by molar-refractivity contribution is -0.149. The standard InChI is InChI=1S/C15H17BrN2O3/c1-8(2)18-11-4-3-9(16)7-10(11)17-14(18)12-5-6-13(21-12)15(19)20/h3-4,7-8,12-13H,5-6H2,1-2H3,(H,19,20). The molecule has 1 aromatic carbocycles. The number of carboxylic acids is 1. The van der Waals surface area contributed by atoms with Gasteiger partial charge in [0.15, 0.2) is 6.10 Å². The van der Waals surface area contributed by atoms with E-state index >= 15 is 0 Å². The summed E-state index contributed by atoms with van der Waals surface area (Å²) in [7, 11) is 0. The molecule has 2 atom stereocenters. The van der Waals surface area contributed by atoms with Gasteiger partial charge in [-0.15, -0.1) is 0 Å². The second kappa shape index (κ2) is 5.42. The molecule has 2 unspecified atom stereocenters. The highest BCUT2D eigenvalue weighted by Crippen LogP contribution is 2.36. The fourth-order valence-corrected chi connectivity index (χ4v) is 3.22. The van der Waals surface area contributed by atoms with Gasteiger partial charge in [0.2, 0.25) is 0 Å². The maximum absolute atomic E-state index is 11.1. The molecule has 2 heterocycles. The number of nitrogens with zero attached hydrogens (tertiary/aromatic N) is 2. The van der Waals surface area contributed by atoms with Crippen molar-refractivity contribution in [2.24, 2.45) is 0 Å². The summed E-state index contributed by atoms with van der Waals surface area (Å²) in [6.07, 6.45) is 0.251. The van der Waals surface area contributed by atoms with Crippen molar-refractivity contribution in [3.05, 3.63) is 28.5 Å². The number of ether oxygens (including phenoxy) is 1. The lowest BCUT2D eigenvalue weighted by Crippen LogP contribution is -2.19. The van der Waals surface area contributed by atoms with Crippen molar-refractivity contribution in [1.29, 1.82) is 0 Å². The number of carbonyl (C=O) groups is 1. The molecule has 6 heteroatoms. The van der Waals surface area contributed by atoms with Crippen molar-refractivity contribution >= 4 is 32.9 Å². The number of fused-ring (bicyclic) bond motifs is 1. The Morgan fingerprint density at radius 3 is 2.86 bits per heavy atom.